The number of Topliss-reactive ketones (excluding diaryl/α,β-unsaturated/α-hetero) is 2. The Morgan fingerprint density at radius 3 is 2.29 bits per heavy atom. The van der Waals surface area contributed by atoms with E-state index in [0.29, 0.717) is 37.1 Å². The fourth-order valence-electron chi connectivity index (χ4n) is 4.32. The van der Waals surface area contributed by atoms with E-state index in [1.165, 1.54) is 6.07 Å². The monoisotopic (exact) mass is 608 g/mol. The molecule has 0 saturated heterocycles. The van der Waals surface area contributed by atoms with Gasteiger partial charge >= 0.3 is 11.9 Å². The Balaban J connectivity index is 3.06. The van der Waals surface area contributed by atoms with Crippen molar-refractivity contribution < 1.29 is 38.6 Å². The van der Waals surface area contributed by atoms with Crippen LogP contribution in [0.4, 0.5) is 0 Å². The van der Waals surface area contributed by atoms with E-state index in [1.54, 1.807) is 50.7 Å². The first kappa shape index (κ1) is 37.1. The summed E-state index contributed by atoms with van der Waals surface area (Å²) >= 11 is 1.54. The minimum atomic E-state index is -1.14. The minimum absolute atomic E-state index is 0.0693. The summed E-state index contributed by atoms with van der Waals surface area (Å²) in [5, 5.41) is 11.7. The minimum Gasteiger partial charge on any atom is -0.482 e. The molecular formula is C31H48N2O8S. The Morgan fingerprint density at radius 1 is 1.02 bits per heavy atom. The van der Waals surface area contributed by atoms with E-state index in [4.69, 9.17) is 20.3 Å². The van der Waals surface area contributed by atoms with Crippen LogP contribution in [0, 0.1) is 17.8 Å². The molecule has 0 saturated carbocycles. The molecule has 0 unspecified atom stereocenters. The molecule has 1 aromatic carbocycles. The van der Waals surface area contributed by atoms with Crippen LogP contribution in [-0.2, 0) is 23.9 Å². The number of carboxylic acids is 1. The summed E-state index contributed by atoms with van der Waals surface area (Å²) in [7, 11) is 0. The average Bonchev–Trinajstić information content (AvgIpc) is 2.90. The standard InChI is InChI=1S/C31H48N2O8S/c1-20(2)28(26(35)18-23(10-7-8-14-32)30(39)41-31(3,4)5)33-29(38)22(13-15-42-6)17-25(34)21-11-9-12-24(16-21)40-19-27(36)37/h9,11-12,16,20,22-23,28H,7-8,10,13-15,17-19,32H2,1-6H3,(H,33,38)(H,36,37)/t22-,23-,28+/m1/s1. The Hall–Kier alpha value is -2.92. The van der Waals surface area contributed by atoms with E-state index in [2.05, 4.69) is 5.32 Å². The molecule has 3 atom stereocenters. The summed E-state index contributed by atoms with van der Waals surface area (Å²) in [4.78, 5) is 63.8. The summed E-state index contributed by atoms with van der Waals surface area (Å²) in [5.41, 5.74) is 5.22. The molecular weight excluding hydrogens is 560 g/mol. The van der Waals surface area contributed by atoms with Crippen LogP contribution in [-0.4, -0.2) is 71.3 Å². The second kappa shape index (κ2) is 18.6. The summed E-state index contributed by atoms with van der Waals surface area (Å²) in [6.45, 7) is 8.91. The molecule has 0 aliphatic carbocycles. The number of ether oxygens (including phenoxy) is 2. The first-order chi connectivity index (χ1) is 19.7. The topological polar surface area (TPSA) is 162 Å². The highest BCUT2D eigenvalue weighted by atomic mass is 32.2. The molecule has 1 aromatic rings. The lowest BCUT2D eigenvalue weighted by Gasteiger charge is -2.27. The molecule has 4 N–H and O–H groups in total. The Kier molecular flexibility index (Phi) is 16.4. The van der Waals surface area contributed by atoms with E-state index in [-0.39, 0.29) is 36.1 Å². The zero-order valence-electron chi connectivity index (χ0n) is 25.8. The molecule has 0 bridgehead atoms. The van der Waals surface area contributed by atoms with E-state index in [9.17, 15) is 24.0 Å². The number of unbranched alkanes of at least 4 members (excludes halogenated alkanes) is 1. The number of hydrogen-bond acceptors (Lipinski definition) is 9. The van der Waals surface area contributed by atoms with Crippen LogP contribution in [0.3, 0.4) is 0 Å². The molecule has 0 heterocycles. The molecule has 42 heavy (non-hydrogen) atoms. The lowest BCUT2D eigenvalue weighted by atomic mass is 9.88. The average molecular weight is 609 g/mol. The number of carboxylic acid groups (broad SMARTS) is 1. The van der Waals surface area contributed by atoms with Gasteiger partial charge < -0.3 is 25.6 Å². The molecule has 1 amide bonds. The summed E-state index contributed by atoms with van der Waals surface area (Å²) in [6.07, 6.45) is 4.02. The van der Waals surface area contributed by atoms with Crippen molar-refractivity contribution in [2.24, 2.45) is 23.5 Å². The fraction of sp³-hybridized carbons (Fsp3) is 0.645. The van der Waals surface area contributed by atoms with Gasteiger partial charge in [-0.15, -0.1) is 0 Å². The van der Waals surface area contributed by atoms with Crippen LogP contribution in [0.15, 0.2) is 24.3 Å². The summed E-state index contributed by atoms with van der Waals surface area (Å²) in [6, 6.07) is 5.34. The Morgan fingerprint density at radius 2 is 1.71 bits per heavy atom. The van der Waals surface area contributed by atoms with Crippen molar-refractivity contribution in [2.45, 2.75) is 84.8 Å². The van der Waals surface area contributed by atoms with Crippen LogP contribution in [0.5, 0.6) is 5.75 Å². The van der Waals surface area contributed by atoms with Crippen molar-refractivity contribution in [2.75, 3.05) is 25.2 Å². The molecule has 1 rings (SSSR count). The normalized spacial score (nSPS) is 13.6. The van der Waals surface area contributed by atoms with Gasteiger partial charge in [-0.05, 0) is 76.6 Å². The van der Waals surface area contributed by atoms with Crippen LogP contribution in [0.1, 0.15) is 83.5 Å². The van der Waals surface area contributed by atoms with E-state index in [1.807, 2.05) is 20.1 Å². The Labute approximate surface area is 253 Å². The molecule has 11 heteroatoms. The lowest BCUT2D eigenvalue weighted by molar-refractivity contribution is -0.161. The number of aliphatic carboxylic acids is 1. The van der Waals surface area contributed by atoms with Crippen LogP contribution in [0.25, 0.3) is 0 Å². The van der Waals surface area contributed by atoms with Crippen LogP contribution in [0.2, 0.25) is 0 Å². The van der Waals surface area contributed by atoms with Gasteiger partial charge in [0.2, 0.25) is 5.91 Å². The maximum absolute atomic E-state index is 13.5. The van der Waals surface area contributed by atoms with Gasteiger partial charge in [-0.25, -0.2) is 4.79 Å². The SMILES string of the molecule is CSCC[C@H](CC(=O)c1cccc(OCC(=O)O)c1)C(=O)N[C@H](C(=O)C[C@@H](CCCCN)C(=O)OC(C)(C)C)C(C)C. The maximum atomic E-state index is 13.5. The van der Waals surface area contributed by atoms with Crippen molar-refractivity contribution in [3.8, 4) is 5.75 Å². The van der Waals surface area contributed by atoms with Gasteiger partial charge in [-0.3, -0.25) is 19.2 Å². The maximum Gasteiger partial charge on any atom is 0.341 e. The highest BCUT2D eigenvalue weighted by molar-refractivity contribution is 7.98. The number of ketones is 2. The lowest BCUT2D eigenvalue weighted by Crippen LogP contribution is -2.48. The number of esters is 1. The molecule has 0 radical (unpaired) electrons. The third-order valence-electron chi connectivity index (χ3n) is 6.50. The molecule has 10 nitrogen and oxygen atoms in total. The number of amides is 1. The van der Waals surface area contributed by atoms with Gasteiger partial charge in [0.25, 0.3) is 0 Å². The van der Waals surface area contributed by atoms with Gasteiger partial charge in [0, 0.05) is 24.3 Å². The molecule has 236 valence electrons. The number of thioether (sulfide) groups is 1. The predicted octanol–water partition coefficient (Wildman–Crippen LogP) is 4.28. The molecule has 0 aliphatic heterocycles. The molecule has 0 spiro atoms. The van der Waals surface area contributed by atoms with E-state index in [0.717, 1.165) is 6.42 Å². The van der Waals surface area contributed by atoms with Crippen molar-refractivity contribution >= 4 is 41.2 Å². The van der Waals surface area contributed by atoms with Crippen molar-refractivity contribution in [3.05, 3.63) is 29.8 Å². The summed E-state index contributed by atoms with van der Waals surface area (Å²) in [5.74, 6) is -3.25. The first-order valence-corrected chi connectivity index (χ1v) is 15.8. The van der Waals surface area contributed by atoms with Crippen molar-refractivity contribution in [1.82, 2.24) is 5.32 Å². The third-order valence-corrected chi connectivity index (χ3v) is 7.14. The largest absolute Gasteiger partial charge is 0.482 e. The first-order valence-electron chi connectivity index (χ1n) is 14.4. The predicted molar refractivity (Wildman–Crippen MR) is 164 cm³/mol. The summed E-state index contributed by atoms with van der Waals surface area (Å²) < 4.78 is 10.7. The highest BCUT2D eigenvalue weighted by Crippen LogP contribution is 2.23. The smallest absolute Gasteiger partial charge is 0.341 e. The number of hydrogen-bond donors (Lipinski definition) is 3. The van der Waals surface area contributed by atoms with E-state index >= 15 is 0 Å². The third kappa shape index (κ3) is 14.3. The number of carbonyl (C=O) groups is 5. The van der Waals surface area contributed by atoms with Gasteiger partial charge in [-0.2, -0.15) is 11.8 Å². The van der Waals surface area contributed by atoms with E-state index < -0.39 is 47.9 Å². The van der Waals surface area contributed by atoms with Gasteiger partial charge in [0.05, 0.1) is 12.0 Å². The van der Waals surface area contributed by atoms with Crippen LogP contribution >= 0.6 is 11.8 Å². The number of nitrogens with two attached hydrogens (primary N) is 1. The van der Waals surface area contributed by atoms with Gasteiger partial charge in [0.15, 0.2) is 18.2 Å². The number of carbonyl (C=O) groups excluding carboxylic acids is 4. The number of rotatable bonds is 20. The molecule has 0 fully saturated rings. The van der Waals surface area contributed by atoms with Crippen molar-refractivity contribution in [3.63, 3.8) is 0 Å². The highest BCUT2D eigenvalue weighted by Gasteiger charge is 2.33. The number of benzene rings is 1. The van der Waals surface area contributed by atoms with Gasteiger partial charge in [0.1, 0.15) is 11.4 Å². The second-order valence-electron chi connectivity index (χ2n) is 11.7. The fourth-order valence-corrected chi connectivity index (χ4v) is 4.84. The quantitative estimate of drug-likeness (QED) is 0.111. The van der Waals surface area contributed by atoms with Crippen LogP contribution < -0.4 is 15.8 Å². The zero-order chi connectivity index (χ0) is 31.9. The second-order valence-corrected chi connectivity index (χ2v) is 12.7. The van der Waals surface area contributed by atoms with Crippen molar-refractivity contribution in [1.29, 1.82) is 0 Å². The Bertz CT molecular complexity index is 1050. The van der Waals surface area contributed by atoms with Gasteiger partial charge in [-0.1, -0.05) is 32.4 Å². The molecule has 0 aliphatic rings. The molecule has 0 aromatic heterocycles. The number of nitrogens with one attached hydrogen (secondary N) is 1. The zero-order valence-corrected chi connectivity index (χ0v) is 26.6.